The number of ether oxygens (including phenoxy) is 1. The molecule has 0 amide bonds. The summed E-state index contributed by atoms with van der Waals surface area (Å²) in [5, 5.41) is 0. The van der Waals surface area contributed by atoms with Gasteiger partial charge in [-0.05, 0) is 30.3 Å². The van der Waals surface area contributed by atoms with Crippen LogP contribution in [0.3, 0.4) is 0 Å². The van der Waals surface area contributed by atoms with Gasteiger partial charge in [-0.25, -0.2) is 4.98 Å². The molecule has 0 radical (unpaired) electrons. The second kappa shape index (κ2) is 4.87. The van der Waals surface area contributed by atoms with Crippen LogP contribution in [-0.4, -0.2) is 30.0 Å². The minimum atomic E-state index is -4.23. The summed E-state index contributed by atoms with van der Waals surface area (Å²) >= 11 is 0. The Kier molecular flexibility index (Phi) is 3.15. The van der Waals surface area contributed by atoms with E-state index in [9.17, 15) is 8.42 Å². The lowest BCUT2D eigenvalue weighted by Gasteiger charge is -2.01. The summed E-state index contributed by atoms with van der Waals surface area (Å²) in [6.45, 7) is 0. The Labute approximate surface area is 121 Å². The Morgan fingerprint density at radius 3 is 2.71 bits per heavy atom. The van der Waals surface area contributed by atoms with Crippen LogP contribution in [0.25, 0.3) is 22.4 Å². The van der Waals surface area contributed by atoms with E-state index in [1.165, 1.54) is 12.1 Å². The third-order valence-corrected chi connectivity index (χ3v) is 3.94. The molecule has 6 nitrogen and oxygen atoms in total. The second-order valence-corrected chi connectivity index (χ2v) is 5.89. The largest absolute Gasteiger partial charge is 0.497 e. The first kappa shape index (κ1) is 13.6. The van der Waals surface area contributed by atoms with Crippen LogP contribution in [0, 0.1) is 0 Å². The second-order valence-electron chi connectivity index (χ2n) is 4.47. The van der Waals surface area contributed by atoms with Gasteiger partial charge in [0.2, 0.25) is 0 Å². The first-order valence-electron chi connectivity index (χ1n) is 6.09. The van der Waals surface area contributed by atoms with Crippen LogP contribution in [0.4, 0.5) is 0 Å². The van der Waals surface area contributed by atoms with Crippen molar-refractivity contribution in [2.45, 2.75) is 4.90 Å². The van der Waals surface area contributed by atoms with Gasteiger partial charge >= 0.3 is 0 Å². The quantitative estimate of drug-likeness (QED) is 0.725. The number of aromatic nitrogens is 2. The number of H-pyrrole nitrogens is 1. The molecule has 0 aliphatic carbocycles. The van der Waals surface area contributed by atoms with E-state index in [4.69, 9.17) is 9.29 Å². The van der Waals surface area contributed by atoms with E-state index in [0.717, 1.165) is 5.56 Å². The van der Waals surface area contributed by atoms with E-state index in [0.29, 0.717) is 22.6 Å². The summed E-state index contributed by atoms with van der Waals surface area (Å²) in [6, 6.07) is 11.5. The maximum absolute atomic E-state index is 11.1. The molecular weight excluding hydrogens is 292 g/mol. The molecule has 1 aromatic heterocycles. The fourth-order valence-corrected chi connectivity index (χ4v) is 2.56. The predicted molar refractivity (Wildman–Crippen MR) is 77.9 cm³/mol. The van der Waals surface area contributed by atoms with Crippen LogP contribution in [0.15, 0.2) is 47.4 Å². The lowest BCUT2D eigenvalue weighted by Crippen LogP contribution is -1.97. The predicted octanol–water partition coefficient (Wildman–Crippen LogP) is 2.49. The number of fused-ring (bicyclic) bond motifs is 1. The molecule has 0 aliphatic rings. The Hall–Kier alpha value is -2.38. The molecule has 3 aromatic rings. The molecule has 21 heavy (non-hydrogen) atoms. The molecule has 0 saturated heterocycles. The van der Waals surface area contributed by atoms with Crippen LogP contribution in [0.1, 0.15) is 0 Å². The number of hydrogen-bond acceptors (Lipinski definition) is 4. The minimum absolute atomic E-state index is 0.171. The van der Waals surface area contributed by atoms with Gasteiger partial charge in [0.15, 0.2) is 0 Å². The fourth-order valence-electron chi connectivity index (χ4n) is 2.06. The van der Waals surface area contributed by atoms with Crippen molar-refractivity contribution in [2.24, 2.45) is 0 Å². The molecule has 0 fully saturated rings. The number of nitrogens with zero attached hydrogens (tertiary/aromatic N) is 1. The highest BCUT2D eigenvalue weighted by Crippen LogP contribution is 2.25. The maximum atomic E-state index is 11.1. The molecule has 0 aliphatic heterocycles. The number of hydrogen-bond donors (Lipinski definition) is 2. The normalized spacial score (nSPS) is 11.7. The maximum Gasteiger partial charge on any atom is 0.294 e. The molecule has 1 heterocycles. The SMILES string of the molecule is COc1cccc(-c2nc3ccc(S(=O)(=O)O)cc3[nH]2)c1. The summed E-state index contributed by atoms with van der Waals surface area (Å²) in [6.07, 6.45) is 0. The number of imidazole rings is 1. The van der Waals surface area contributed by atoms with E-state index in [2.05, 4.69) is 9.97 Å². The van der Waals surface area contributed by atoms with Gasteiger partial charge < -0.3 is 9.72 Å². The summed E-state index contributed by atoms with van der Waals surface area (Å²) in [5.74, 6) is 1.29. The van der Waals surface area contributed by atoms with Crippen molar-refractivity contribution >= 4 is 21.2 Å². The van der Waals surface area contributed by atoms with Crippen molar-refractivity contribution in [3.63, 3.8) is 0 Å². The summed E-state index contributed by atoms with van der Waals surface area (Å²) in [5.41, 5.74) is 1.96. The van der Waals surface area contributed by atoms with Crippen molar-refractivity contribution in [2.75, 3.05) is 7.11 Å². The topological polar surface area (TPSA) is 92.3 Å². The molecule has 0 atom stereocenters. The van der Waals surface area contributed by atoms with Crippen molar-refractivity contribution in [1.82, 2.24) is 9.97 Å². The summed E-state index contributed by atoms with van der Waals surface area (Å²) < 4.78 is 36.5. The van der Waals surface area contributed by atoms with Gasteiger partial charge in [-0.3, -0.25) is 4.55 Å². The number of aromatic amines is 1. The van der Waals surface area contributed by atoms with E-state index in [-0.39, 0.29) is 4.90 Å². The van der Waals surface area contributed by atoms with Gasteiger partial charge in [0.25, 0.3) is 10.1 Å². The number of benzene rings is 2. The summed E-state index contributed by atoms with van der Waals surface area (Å²) in [4.78, 5) is 7.26. The minimum Gasteiger partial charge on any atom is -0.497 e. The number of methoxy groups -OCH3 is 1. The molecule has 0 bridgehead atoms. The lowest BCUT2D eigenvalue weighted by molar-refractivity contribution is 0.415. The molecule has 0 saturated carbocycles. The monoisotopic (exact) mass is 304 g/mol. The average Bonchev–Trinajstić information content (AvgIpc) is 2.89. The van der Waals surface area contributed by atoms with E-state index in [1.54, 1.807) is 13.2 Å². The fraction of sp³-hybridized carbons (Fsp3) is 0.0714. The lowest BCUT2D eigenvalue weighted by atomic mass is 10.2. The van der Waals surface area contributed by atoms with Crippen molar-refractivity contribution < 1.29 is 17.7 Å². The zero-order chi connectivity index (χ0) is 15.0. The smallest absolute Gasteiger partial charge is 0.294 e. The molecule has 0 unspecified atom stereocenters. The van der Waals surface area contributed by atoms with Gasteiger partial charge in [-0.2, -0.15) is 8.42 Å². The molecule has 0 spiro atoms. The molecule has 108 valence electrons. The molecule has 2 N–H and O–H groups in total. The number of rotatable bonds is 3. The highest BCUT2D eigenvalue weighted by atomic mass is 32.2. The zero-order valence-corrected chi connectivity index (χ0v) is 11.9. The van der Waals surface area contributed by atoms with Crippen molar-refractivity contribution in [3.8, 4) is 17.1 Å². The highest BCUT2D eigenvalue weighted by molar-refractivity contribution is 7.85. The first-order valence-corrected chi connectivity index (χ1v) is 7.53. The third-order valence-electron chi connectivity index (χ3n) is 3.09. The third kappa shape index (κ3) is 2.61. The van der Waals surface area contributed by atoms with Gasteiger partial charge in [0.1, 0.15) is 11.6 Å². The highest BCUT2D eigenvalue weighted by Gasteiger charge is 2.12. The first-order chi connectivity index (χ1) is 9.97. The Bertz CT molecular complexity index is 916. The Balaban J connectivity index is 2.12. The van der Waals surface area contributed by atoms with Crippen molar-refractivity contribution in [3.05, 3.63) is 42.5 Å². The van der Waals surface area contributed by atoms with E-state index in [1.807, 2.05) is 24.3 Å². The van der Waals surface area contributed by atoms with Crippen LogP contribution >= 0.6 is 0 Å². The Morgan fingerprint density at radius 1 is 1.19 bits per heavy atom. The zero-order valence-electron chi connectivity index (χ0n) is 11.1. The van der Waals surface area contributed by atoms with Gasteiger partial charge in [-0.1, -0.05) is 12.1 Å². The van der Waals surface area contributed by atoms with E-state index < -0.39 is 10.1 Å². The molecule has 2 aromatic carbocycles. The van der Waals surface area contributed by atoms with Crippen LogP contribution < -0.4 is 4.74 Å². The molecule has 7 heteroatoms. The van der Waals surface area contributed by atoms with Gasteiger partial charge in [-0.15, -0.1) is 0 Å². The number of nitrogens with one attached hydrogen (secondary N) is 1. The average molecular weight is 304 g/mol. The van der Waals surface area contributed by atoms with E-state index >= 15 is 0 Å². The molecular formula is C14H12N2O4S. The van der Waals surface area contributed by atoms with Crippen LogP contribution in [-0.2, 0) is 10.1 Å². The molecule has 3 rings (SSSR count). The summed E-state index contributed by atoms with van der Waals surface area (Å²) in [7, 11) is -2.65. The van der Waals surface area contributed by atoms with Crippen molar-refractivity contribution in [1.29, 1.82) is 0 Å². The van der Waals surface area contributed by atoms with Crippen LogP contribution in [0.5, 0.6) is 5.75 Å². The van der Waals surface area contributed by atoms with Gasteiger partial charge in [0, 0.05) is 5.56 Å². The van der Waals surface area contributed by atoms with Gasteiger partial charge in [0.05, 0.1) is 23.0 Å². The van der Waals surface area contributed by atoms with Crippen LogP contribution in [0.2, 0.25) is 0 Å². The Morgan fingerprint density at radius 2 is 2.00 bits per heavy atom. The standard InChI is InChI=1S/C14H12N2O4S/c1-20-10-4-2-3-9(7-10)14-15-12-6-5-11(21(17,18)19)8-13(12)16-14/h2-8H,1H3,(H,15,16)(H,17,18,19).